The summed E-state index contributed by atoms with van der Waals surface area (Å²) < 4.78 is 10.6. The Morgan fingerprint density at radius 3 is 2.30 bits per heavy atom. The lowest BCUT2D eigenvalue weighted by atomic mass is 9.96. The lowest BCUT2D eigenvalue weighted by Gasteiger charge is -2.33. The summed E-state index contributed by atoms with van der Waals surface area (Å²) >= 11 is 0. The first-order valence-corrected chi connectivity index (χ1v) is 15.2. The van der Waals surface area contributed by atoms with E-state index in [1.807, 2.05) is 66.4 Å². The molecule has 0 spiro atoms. The Bertz CT molecular complexity index is 1490. The number of hydrogen-bond donors (Lipinski definition) is 5. The topological polar surface area (TPSA) is 158 Å². The van der Waals surface area contributed by atoms with Crippen LogP contribution in [-0.4, -0.2) is 73.3 Å². The van der Waals surface area contributed by atoms with Crippen LogP contribution in [0.4, 0.5) is 21.0 Å². The van der Waals surface area contributed by atoms with Gasteiger partial charge in [0.15, 0.2) is 0 Å². The second kappa shape index (κ2) is 16.8. The number of aliphatic carboxylic acids is 1. The fraction of sp³-hybridized carbons (Fsp3) is 0.353. The number of nitrogens with zero attached hydrogens (tertiary/aromatic N) is 1. The first kappa shape index (κ1) is 33.8. The number of carbonyl (C=O) groups excluding carboxylic acids is 3. The van der Waals surface area contributed by atoms with Gasteiger partial charge in [-0.1, -0.05) is 54.6 Å². The van der Waals surface area contributed by atoms with E-state index in [0.717, 1.165) is 29.5 Å². The molecular formula is C34H41N5O7. The highest BCUT2D eigenvalue weighted by atomic mass is 16.5. The molecule has 1 unspecified atom stereocenters. The Labute approximate surface area is 268 Å². The average Bonchev–Trinajstić information content (AvgIpc) is 3.05. The second-order valence-electron chi connectivity index (χ2n) is 11.3. The van der Waals surface area contributed by atoms with Crippen molar-refractivity contribution in [1.82, 2.24) is 15.5 Å². The highest BCUT2D eigenvalue weighted by Crippen LogP contribution is 2.26. The average molecular weight is 632 g/mol. The summed E-state index contributed by atoms with van der Waals surface area (Å²) in [4.78, 5) is 51.2. The number of carbonyl (C=O) groups is 4. The summed E-state index contributed by atoms with van der Waals surface area (Å²) in [6.07, 6.45) is 0.936. The predicted octanol–water partition coefficient (Wildman–Crippen LogP) is 4.40. The molecule has 12 nitrogen and oxygen atoms in total. The van der Waals surface area contributed by atoms with Gasteiger partial charge in [0.1, 0.15) is 18.4 Å². The molecule has 12 heteroatoms. The molecule has 3 aromatic carbocycles. The van der Waals surface area contributed by atoms with Gasteiger partial charge in [0.05, 0.1) is 19.2 Å². The molecule has 1 aliphatic rings. The third-order valence-corrected chi connectivity index (χ3v) is 7.81. The van der Waals surface area contributed by atoms with E-state index in [1.54, 1.807) is 18.2 Å². The molecule has 4 amide bonds. The van der Waals surface area contributed by atoms with Crippen molar-refractivity contribution in [1.29, 1.82) is 0 Å². The van der Waals surface area contributed by atoms with Crippen molar-refractivity contribution in [3.05, 3.63) is 89.5 Å². The number of aryl methyl sites for hydroxylation is 1. The molecule has 0 bridgehead atoms. The SMILES string of the molecule is COc1cc(CC(=O)NCC2CCN(CC(NC(=O)OCc3ccccc3)C(=O)O)CC2)ccc1NC(=O)Nc1ccccc1C. The van der Waals surface area contributed by atoms with E-state index in [0.29, 0.717) is 36.8 Å². The number of para-hydroxylation sites is 1. The molecular weight excluding hydrogens is 590 g/mol. The molecule has 1 fully saturated rings. The quantitative estimate of drug-likeness (QED) is 0.186. The van der Waals surface area contributed by atoms with Crippen LogP contribution in [0.25, 0.3) is 0 Å². The number of methoxy groups -OCH3 is 1. The lowest BCUT2D eigenvalue weighted by molar-refractivity contribution is -0.140. The molecule has 244 valence electrons. The third kappa shape index (κ3) is 10.5. The Hall–Kier alpha value is -5.10. The summed E-state index contributed by atoms with van der Waals surface area (Å²) in [7, 11) is 1.50. The number of carboxylic acids is 1. The Kier molecular flexibility index (Phi) is 12.4. The van der Waals surface area contributed by atoms with Gasteiger partial charge in [-0.3, -0.25) is 4.79 Å². The lowest BCUT2D eigenvalue weighted by Crippen LogP contribution is -2.50. The van der Waals surface area contributed by atoms with Crippen molar-refractivity contribution in [2.75, 3.05) is 43.9 Å². The van der Waals surface area contributed by atoms with Gasteiger partial charge in [-0.05, 0) is 73.7 Å². The van der Waals surface area contributed by atoms with E-state index < -0.39 is 24.1 Å². The van der Waals surface area contributed by atoms with Gasteiger partial charge in [0, 0.05) is 18.8 Å². The molecule has 1 saturated heterocycles. The second-order valence-corrected chi connectivity index (χ2v) is 11.3. The minimum Gasteiger partial charge on any atom is -0.495 e. The van der Waals surface area contributed by atoms with E-state index in [-0.39, 0.29) is 31.4 Å². The summed E-state index contributed by atoms with van der Waals surface area (Å²) in [6.45, 7) is 3.93. The highest BCUT2D eigenvalue weighted by Gasteiger charge is 2.27. The molecule has 0 saturated carbocycles. The molecule has 46 heavy (non-hydrogen) atoms. The minimum absolute atomic E-state index is 0.0554. The molecule has 1 aliphatic heterocycles. The molecule has 1 atom stereocenters. The maximum Gasteiger partial charge on any atom is 0.408 e. The Morgan fingerprint density at radius 1 is 0.913 bits per heavy atom. The largest absolute Gasteiger partial charge is 0.495 e. The Balaban J connectivity index is 1.17. The fourth-order valence-corrected chi connectivity index (χ4v) is 5.17. The van der Waals surface area contributed by atoms with E-state index in [9.17, 15) is 24.3 Å². The van der Waals surface area contributed by atoms with Crippen LogP contribution in [0.5, 0.6) is 5.75 Å². The summed E-state index contributed by atoms with van der Waals surface area (Å²) in [6, 6.07) is 20.3. The van der Waals surface area contributed by atoms with Crippen LogP contribution in [-0.2, 0) is 27.4 Å². The van der Waals surface area contributed by atoms with Gasteiger partial charge in [0.2, 0.25) is 5.91 Å². The zero-order chi connectivity index (χ0) is 32.9. The van der Waals surface area contributed by atoms with Crippen LogP contribution in [0.3, 0.4) is 0 Å². The molecule has 0 aliphatic carbocycles. The summed E-state index contributed by atoms with van der Waals surface area (Å²) in [5.41, 5.74) is 3.67. The van der Waals surface area contributed by atoms with Crippen LogP contribution >= 0.6 is 0 Å². The zero-order valence-electron chi connectivity index (χ0n) is 26.1. The number of anilines is 2. The minimum atomic E-state index is -1.13. The van der Waals surface area contributed by atoms with Crippen LogP contribution in [0.15, 0.2) is 72.8 Å². The number of likely N-dealkylation sites (tertiary alicyclic amines) is 1. The fourth-order valence-electron chi connectivity index (χ4n) is 5.17. The maximum atomic E-state index is 12.7. The van der Waals surface area contributed by atoms with Crippen molar-refractivity contribution < 1.29 is 33.8 Å². The maximum absolute atomic E-state index is 12.7. The van der Waals surface area contributed by atoms with Gasteiger partial charge >= 0.3 is 18.1 Å². The number of amides is 4. The first-order chi connectivity index (χ1) is 22.2. The first-order valence-electron chi connectivity index (χ1n) is 15.2. The number of ether oxygens (including phenoxy) is 2. The van der Waals surface area contributed by atoms with E-state index in [1.165, 1.54) is 7.11 Å². The van der Waals surface area contributed by atoms with Gasteiger partial charge in [-0.25, -0.2) is 14.4 Å². The van der Waals surface area contributed by atoms with Crippen molar-refractivity contribution in [2.24, 2.45) is 5.92 Å². The van der Waals surface area contributed by atoms with E-state index in [4.69, 9.17) is 9.47 Å². The smallest absolute Gasteiger partial charge is 0.408 e. The summed E-state index contributed by atoms with van der Waals surface area (Å²) in [5, 5.41) is 20.7. The van der Waals surface area contributed by atoms with Crippen LogP contribution in [0.2, 0.25) is 0 Å². The number of rotatable bonds is 13. The third-order valence-electron chi connectivity index (χ3n) is 7.81. The monoisotopic (exact) mass is 631 g/mol. The van der Waals surface area contributed by atoms with Crippen LogP contribution in [0, 0.1) is 12.8 Å². The number of nitrogens with one attached hydrogen (secondary N) is 4. The number of benzene rings is 3. The van der Waals surface area contributed by atoms with Gasteiger partial charge in [-0.15, -0.1) is 0 Å². The number of piperidine rings is 1. The van der Waals surface area contributed by atoms with Gasteiger partial charge in [-0.2, -0.15) is 0 Å². The zero-order valence-corrected chi connectivity index (χ0v) is 26.1. The summed E-state index contributed by atoms with van der Waals surface area (Å²) in [5.74, 6) is -0.569. The molecule has 3 aromatic rings. The van der Waals surface area contributed by atoms with Crippen LogP contribution < -0.4 is 26.0 Å². The molecule has 0 radical (unpaired) electrons. The standard InChI is InChI=1S/C34H41N5O7/c1-23-8-6-7-11-27(23)36-33(43)37-28-13-12-26(18-30(28)45-2)19-31(40)35-20-24-14-16-39(17-15-24)21-29(32(41)42)38-34(44)46-22-25-9-4-3-5-10-25/h3-13,18,24,29H,14-17,19-22H2,1-2H3,(H,35,40)(H,38,44)(H,41,42)(H2,36,37,43). The number of urea groups is 1. The molecule has 1 heterocycles. The van der Waals surface area contributed by atoms with Crippen LogP contribution in [0.1, 0.15) is 29.5 Å². The van der Waals surface area contributed by atoms with E-state index in [2.05, 4.69) is 21.3 Å². The van der Waals surface area contributed by atoms with Crippen molar-refractivity contribution in [3.63, 3.8) is 0 Å². The van der Waals surface area contributed by atoms with Gasteiger partial charge < -0.3 is 40.7 Å². The predicted molar refractivity (Wildman–Crippen MR) is 174 cm³/mol. The molecule has 0 aromatic heterocycles. The Morgan fingerprint density at radius 2 is 1.61 bits per heavy atom. The number of hydrogen-bond acceptors (Lipinski definition) is 7. The van der Waals surface area contributed by atoms with Crippen molar-refractivity contribution in [3.8, 4) is 5.75 Å². The normalized spacial score (nSPS) is 14.0. The molecule has 4 rings (SSSR count). The highest BCUT2D eigenvalue weighted by molar-refractivity contribution is 6.01. The van der Waals surface area contributed by atoms with Crippen molar-refractivity contribution >= 4 is 35.4 Å². The van der Waals surface area contributed by atoms with Gasteiger partial charge in [0.25, 0.3) is 0 Å². The van der Waals surface area contributed by atoms with Crippen molar-refractivity contribution in [2.45, 2.75) is 38.8 Å². The number of carboxylic acid groups (broad SMARTS) is 1. The number of alkyl carbamates (subject to hydrolysis) is 1. The molecule has 5 N–H and O–H groups in total. The van der Waals surface area contributed by atoms with E-state index >= 15 is 0 Å².